The number of anilines is 1. The summed E-state index contributed by atoms with van der Waals surface area (Å²) in [6.45, 7) is 1.71. The topological polar surface area (TPSA) is 81.7 Å². The van der Waals surface area contributed by atoms with Gasteiger partial charge in [-0.2, -0.15) is 0 Å². The molecule has 3 aliphatic rings. The number of fused-ring (bicyclic) bond motifs is 1. The predicted molar refractivity (Wildman–Crippen MR) is 108 cm³/mol. The van der Waals surface area contributed by atoms with Crippen LogP contribution in [0.5, 0.6) is 5.88 Å². The zero-order valence-electron chi connectivity index (χ0n) is 16.5. The van der Waals surface area contributed by atoms with E-state index in [4.69, 9.17) is 14.3 Å². The lowest BCUT2D eigenvalue weighted by molar-refractivity contribution is -0.191. The van der Waals surface area contributed by atoms with E-state index >= 15 is 0 Å². The Bertz CT molecular complexity index is 934. The summed E-state index contributed by atoms with van der Waals surface area (Å²) in [4.78, 5) is 21.3. The molecule has 7 nitrogen and oxygen atoms in total. The quantitative estimate of drug-likeness (QED) is 0.758. The van der Waals surface area contributed by atoms with Crippen molar-refractivity contribution in [3.63, 3.8) is 0 Å². The van der Waals surface area contributed by atoms with Crippen molar-refractivity contribution in [2.45, 2.75) is 38.2 Å². The second kappa shape index (κ2) is 7.31. The van der Waals surface area contributed by atoms with Gasteiger partial charge in [0, 0.05) is 23.2 Å². The number of pyridine rings is 1. The summed E-state index contributed by atoms with van der Waals surface area (Å²) in [5, 5.41) is 2.97. The van der Waals surface area contributed by atoms with Gasteiger partial charge in [-0.15, -0.1) is 0 Å². The van der Waals surface area contributed by atoms with Crippen molar-refractivity contribution in [2.75, 3.05) is 25.6 Å². The van der Waals surface area contributed by atoms with Crippen LogP contribution in [0.2, 0.25) is 0 Å². The summed E-state index contributed by atoms with van der Waals surface area (Å²) < 4.78 is 11.4. The second-order valence-electron chi connectivity index (χ2n) is 8.26. The maximum atomic E-state index is 12.2. The van der Waals surface area contributed by atoms with Gasteiger partial charge in [0.2, 0.25) is 5.88 Å². The number of carbonyl (C=O) groups is 1. The van der Waals surface area contributed by atoms with Crippen molar-refractivity contribution < 1.29 is 19.1 Å². The molecule has 7 heteroatoms. The van der Waals surface area contributed by atoms with E-state index in [-0.39, 0.29) is 12.1 Å². The van der Waals surface area contributed by atoms with E-state index in [1.165, 1.54) is 18.2 Å². The average Bonchev–Trinajstić information content (AvgIpc) is 3.13. The Balaban J connectivity index is 1.40. The number of aryl methyl sites for hydroxylation is 1. The predicted octanol–water partition coefficient (Wildman–Crippen LogP) is 3.48. The molecule has 2 aliphatic carbocycles. The number of aromatic nitrogens is 1. The molecule has 1 aromatic carbocycles. The molecule has 0 unspecified atom stereocenters. The average molecular weight is 395 g/mol. The first kappa shape index (κ1) is 18.4. The summed E-state index contributed by atoms with van der Waals surface area (Å²) in [5.74, 6) is 0.621. The molecular weight excluding hydrogens is 370 g/mol. The molecule has 1 saturated heterocycles. The monoisotopic (exact) mass is 395 g/mol. The van der Waals surface area contributed by atoms with Crippen LogP contribution >= 0.6 is 0 Å². The molecule has 29 heavy (non-hydrogen) atoms. The number of carbonyl (C=O) groups excluding carboxylic acids is 1. The summed E-state index contributed by atoms with van der Waals surface area (Å²) in [6, 6.07) is 7.74. The molecule has 1 spiro atoms. The van der Waals surface area contributed by atoms with Gasteiger partial charge in [-0.1, -0.05) is 12.1 Å². The molecule has 0 radical (unpaired) electrons. The van der Waals surface area contributed by atoms with Crippen LogP contribution in [-0.2, 0) is 22.4 Å². The Morgan fingerprint density at radius 2 is 2.10 bits per heavy atom. The molecule has 2 heterocycles. The van der Waals surface area contributed by atoms with Crippen LogP contribution in [0.4, 0.5) is 10.5 Å². The fraction of sp³-hybridized carbons (Fsp3) is 0.455. The van der Waals surface area contributed by atoms with Gasteiger partial charge in [-0.25, -0.2) is 15.3 Å². The molecular formula is C22H25N3O4. The lowest BCUT2D eigenvalue weighted by Gasteiger charge is -2.52. The highest BCUT2D eigenvalue weighted by atomic mass is 16.6. The maximum absolute atomic E-state index is 12.2. The van der Waals surface area contributed by atoms with Gasteiger partial charge in [0.25, 0.3) is 0 Å². The van der Waals surface area contributed by atoms with Crippen LogP contribution in [0.25, 0.3) is 11.1 Å². The molecule has 2 fully saturated rings. The van der Waals surface area contributed by atoms with Gasteiger partial charge in [-0.3, -0.25) is 4.84 Å². The summed E-state index contributed by atoms with van der Waals surface area (Å²) in [7, 11) is 1.42. The number of amides is 2. The van der Waals surface area contributed by atoms with Crippen LogP contribution in [-0.4, -0.2) is 37.4 Å². The van der Waals surface area contributed by atoms with Crippen molar-refractivity contribution in [3.8, 4) is 17.0 Å². The number of nitrogens with one attached hydrogen (secondary N) is 2. The van der Waals surface area contributed by atoms with E-state index in [1.54, 1.807) is 6.20 Å². The molecule has 1 saturated carbocycles. The standard InChI is InChI=1S/C22H25N3O4/c1-27-25-21(26)24-20-17-4-2-3-14(17)5-6-18(20)15-7-8-23-19(9-15)29-16-10-22(11-16)12-28-13-22/h5-9,16H,2-4,10-13H2,1H3,(H2,24,25,26). The Labute approximate surface area is 169 Å². The Morgan fingerprint density at radius 3 is 2.86 bits per heavy atom. The molecule has 2 aromatic rings. The Kier molecular flexibility index (Phi) is 4.64. The van der Waals surface area contributed by atoms with Gasteiger partial charge in [0.15, 0.2) is 0 Å². The number of ether oxygens (including phenoxy) is 2. The fourth-order valence-electron chi connectivity index (χ4n) is 4.71. The molecule has 0 bridgehead atoms. The molecule has 0 atom stereocenters. The third-order valence-corrected chi connectivity index (χ3v) is 6.19. The van der Waals surface area contributed by atoms with E-state index in [9.17, 15) is 4.79 Å². The number of nitrogens with zero attached hydrogens (tertiary/aromatic N) is 1. The number of hydrogen-bond acceptors (Lipinski definition) is 5. The van der Waals surface area contributed by atoms with Gasteiger partial charge in [0.05, 0.1) is 26.0 Å². The van der Waals surface area contributed by atoms with Gasteiger partial charge in [-0.05, 0) is 54.9 Å². The minimum atomic E-state index is -0.387. The molecule has 1 aromatic heterocycles. The number of hydrogen-bond donors (Lipinski definition) is 2. The molecule has 2 amide bonds. The fourth-order valence-corrected chi connectivity index (χ4v) is 4.71. The first-order valence-electron chi connectivity index (χ1n) is 10.1. The zero-order chi connectivity index (χ0) is 19.8. The van der Waals surface area contributed by atoms with E-state index in [2.05, 4.69) is 27.9 Å². The van der Waals surface area contributed by atoms with Crippen molar-refractivity contribution in [1.82, 2.24) is 10.5 Å². The highest BCUT2D eigenvalue weighted by Crippen LogP contribution is 2.48. The maximum Gasteiger partial charge on any atom is 0.343 e. The van der Waals surface area contributed by atoms with Crippen molar-refractivity contribution >= 4 is 11.7 Å². The van der Waals surface area contributed by atoms with Crippen LogP contribution in [0.15, 0.2) is 30.5 Å². The van der Waals surface area contributed by atoms with Crippen LogP contribution in [0.1, 0.15) is 30.4 Å². The van der Waals surface area contributed by atoms with E-state index < -0.39 is 0 Å². The Morgan fingerprint density at radius 1 is 1.24 bits per heavy atom. The van der Waals surface area contributed by atoms with Gasteiger partial charge >= 0.3 is 6.03 Å². The minimum Gasteiger partial charge on any atom is -0.474 e. The van der Waals surface area contributed by atoms with E-state index in [0.29, 0.717) is 11.3 Å². The lowest BCUT2D eigenvalue weighted by atomic mass is 9.65. The van der Waals surface area contributed by atoms with E-state index in [0.717, 1.165) is 62.1 Å². The second-order valence-corrected chi connectivity index (χ2v) is 8.26. The van der Waals surface area contributed by atoms with Gasteiger partial charge < -0.3 is 14.8 Å². The summed E-state index contributed by atoms with van der Waals surface area (Å²) in [6.07, 6.45) is 7.10. The van der Waals surface area contributed by atoms with Crippen molar-refractivity contribution in [1.29, 1.82) is 0 Å². The first-order valence-corrected chi connectivity index (χ1v) is 10.1. The zero-order valence-corrected chi connectivity index (χ0v) is 16.5. The molecule has 2 N–H and O–H groups in total. The van der Waals surface area contributed by atoms with Crippen LogP contribution in [0, 0.1) is 5.41 Å². The normalized spacial score (nSPS) is 19.2. The van der Waals surface area contributed by atoms with Gasteiger partial charge in [0.1, 0.15) is 6.10 Å². The molecule has 1 aliphatic heterocycles. The summed E-state index contributed by atoms with van der Waals surface area (Å²) >= 11 is 0. The van der Waals surface area contributed by atoms with E-state index in [1.807, 2.05) is 12.1 Å². The Hall–Kier alpha value is -2.64. The molecule has 5 rings (SSSR count). The third-order valence-electron chi connectivity index (χ3n) is 6.19. The highest BCUT2D eigenvalue weighted by molar-refractivity contribution is 5.96. The number of hydroxylamine groups is 1. The first-order chi connectivity index (χ1) is 14.2. The summed E-state index contributed by atoms with van der Waals surface area (Å²) in [5.41, 5.74) is 7.94. The van der Waals surface area contributed by atoms with Crippen LogP contribution in [0.3, 0.4) is 0 Å². The SMILES string of the molecule is CONC(=O)Nc1c(-c2ccnc(OC3CC4(COC4)C3)c2)ccc2c1CCC2. The number of benzene rings is 1. The minimum absolute atomic E-state index is 0.201. The largest absolute Gasteiger partial charge is 0.474 e. The van der Waals surface area contributed by atoms with Crippen molar-refractivity contribution in [2.24, 2.45) is 5.41 Å². The van der Waals surface area contributed by atoms with Crippen LogP contribution < -0.4 is 15.5 Å². The molecule has 152 valence electrons. The number of urea groups is 1. The highest BCUT2D eigenvalue weighted by Gasteiger charge is 2.51. The lowest BCUT2D eigenvalue weighted by Crippen LogP contribution is -2.56. The third kappa shape index (κ3) is 3.45. The van der Waals surface area contributed by atoms with Crippen molar-refractivity contribution in [3.05, 3.63) is 41.6 Å². The number of rotatable bonds is 5. The smallest absolute Gasteiger partial charge is 0.343 e.